The zero-order valence-electron chi connectivity index (χ0n) is 16.9. The minimum absolute atomic E-state index is 0.0123. The number of likely N-dealkylation sites (N-methyl/N-ethyl adjacent to an activating group) is 1. The molecule has 3 unspecified atom stereocenters. The highest BCUT2D eigenvalue weighted by Gasteiger charge is 2.63. The number of rotatable bonds is 7. The van der Waals surface area contributed by atoms with E-state index in [4.69, 9.17) is 15.2 Å². The van der Waals surface area contributed by atoms with Gasteiger partial charge in [-0.1, -0.05) is 19.9 Å². The van der Waals surface area contributed by atoms with Crippen LogP contribution in [0.15, 0.2) is 17.5 Å². The summed E-state index contributed by atoms with van der Waals surface area (Å²) >= 11 is 1.74. The summed E-state index contributed by atoms with van der Waals surface area (Å²) in [6, 6.07) is 4.40. The van der Waals surface area contributed by atoms with Crippen LogP contribution in [0.1, 0.15) is 38.1 Å². The molecular formula is C20H33N3O3S. The molecule has 2 N–H and O–H groups in total. The summed E-state index contributed by atoms with van der Waals surface area (Å²) in [5, 5.41) is 2.09. The van der Waals surface area contributed by atoms with E-state index < -0.39 is 5.54 Å². The topological polar surface area (TPSA) is 68.0 Å². The molecule has 1 saturated carbocycles. The van der Waals surface area contributed by atoms with Crippen molar-refractivity contribution in [3.8, 4) is 0 Å². The Balaban J connectivity index is 1.72. The van der Waals surface area contributed by atoms with Gasteiger partial charge < -0.3 is 20.1 Å². The number of morpholine rings is 1. The Hall–Kier alpha value is -0.990. The molecule has 6 nitrogen and oxygen atoms in total. The Morgan fingerprint density at radius 2 is 2.19 bits per heavy atom. The second-order valence-electron chi connectivity index (χ2n) is 8.21. The standard InChI is InChI=1S/C20H33N3O3S/c1-5-26-17-13-20(21,19(17,2)3)18(24)22(4)14-15(16-7-6-12-27-16)23-8-10-25-11-9-23/h6-7,12,15,17H,5,8-11,13-14,21H2,1-4H3. The van der Waals surface area contributed by atoms with Gasteiger partial charge in [0.25, 0.3) is 0 Å². The van der Waals surface area contributed by atoms with E-state index in [1.165, 1.54) is 4.88 Å². The monoisotopic (exact) mass is 395 g/mol. The minimum atomic E-state index is -0.868. The van der Waals surface area contributed by atoms with Crippen molar-refractivity contribution in [1.82, 2.24) is 9.80 Å². The largest absolute Gasteiger partial charge is 0.379 e. The van der Waals surface area contributed by atoms with Crippen molar-refractivity contribution in [3.05, 3.63) is 22.4 Å². The quantitative estimate of drug-likeness (QED) is 0.766. The first-order chi connectivity index (χ1) is 12.8. The number of carbonyl (C=O) groups is 1. The van der Waals surface area contributed by atoms with Crippen LogP contribution in [0.25, 0.3) is 0 Å². The van der Waals surface area contributed by atoms with Gasteiger partial charge in [-0.05, 0) is 18.4 Å². The Kier molecular flexibility index (Phi) is 6.27. The molecule has 2 heterocycles. The Morgan fingerprint density at radius 1 is 1.48 bits per heavy atom. The molecular weight excluding hydrogens is 362 g/mol. The van der Waals surface area contributed by atoms with E-state index in [9.17, 15) is 4.79 Å². The zero-order valence-corrected chi connectivity index (χ0v) is 17.8. The van der Waals surface area contributed by atoms with Crippen molar-refractivity contribution in [2.24, 2.45) is 11.1 Å². The van der Waals surface area contributed by atoms with E-state index in [0.717, 1.165) is 26.3 Å². The van der Waals surface area contributed by atoms with Crippen LogP contribution >= 0.6 is 11.3 Å². The van der Waals surface area contributed by atoms with E-state index in [1.54, 1.807) is 11.3 Å². The van der Waals surface area contributed by atoms with Crippen molar-refractivity contribution in [2.45, 2.75) is 44.9 Å². The van der Waals surface area contributed by atoms with Crippen LogP contribution in [-0.4, -0.2) is 73.9 Å². The van der Waals surface area contributed by atoms with Gasteiger partial charge in [0.1, 0.15) is 5.54 Å². The summed E-state index contributed by atoms with van der Waals surface area (Å²) in [5.41, 5.74) is 5.38. The van der Waals surface area contributed by atoms with Gasteiger partial charge in [-0.15, -0.1) is 11.3 Å². The van der Waals surface area contributed by atoms with E-state index in [1.807, 2.05) is 32.7 Å². The average Bonchev–Trinajstić information content (AvgIpc) is 3.20. The van der Waals surface area contributed by atoms with Crippen LogP contribution in [0.3, 0.4) is 0 Å². The lowest BCUT2D eigenvalue weighted by atomic mass is 9.54. The van der Waals surface area contributed by atoms with Crippen molar-refractivity contribution in [1.29, 1.82) is 0 Å². The molecule has 0 spiro atoms. The number of amides is 1. The maximum absolute atomic E-state index is 13.3. The fraction of sp³-hybridized carbons (Fsp3) is 0.750. The lowest BCUT2D eigenvalue weighted by Gasteiger charge is -2.58. The summed E-state index contributed by atoms with van der Waals surface area (Å²) in [5.74, 6) is 0.0123. The lowest BCUT2D eigenvalue weighted by Crippen LogP contribution is -2.76. The van der Waals surface area contributed by atoms with Gasteiger partial charge in [-0.2, -0.15) is 0 Å². The second-order valence-corrected chi connectivity index (χ2v) is 9.19. The van der Waals surface area contributed by atoms with Gasteiger partial charge in [0.15, 0.2) is 0 Å². The van der Waals surface area contributed by atoms with E-state index in [0.29, 0.717) is 19.6 Å². The SMILES string of the molecule is CCOC1CC(N)(C(=O)N(C)CC(c2cccs2)N2CCOCC2)C1(C)C. The molecule has 7 heteroatoms. The maximum atomic E-state index is 13.3. The van der Waals surface area contributed by atoms with Gasteiger partial charge in [0.05, 0.1) is 25.4 Å². The third kappa shape index (κ3) is 3.80. The van der Waals surface area contributed by atoms with Gasteiger partial charge in [-0.25, -0.2) is 0 Å². The number of ether oxygens (including phenoxy) is 2. The fourth-order valence-corrected chi connectivity index (χ4v) is 5.09. The Labute approximate surface area is 166 Å². The lowest BCUT2D eigenvalue weighted by molar-refractivity contribution is -0.178. The molecule has 1 amide bonds. The van der Waals surface area contributed by atoms with Crippen LogP contribution in [0.2, 0.25) is 0 Å². The van der Waals surface area contributed by atoms with E-state index in [2.05, 4.69) is 22.4 Å². The molecule has 27 heavy (non-hydrogen) atoms. The summed E-state index contributed by atoms with van der Waals surface area (Å²) in [6.45, 7) is 10.6. The first-order valence-corrected chi connectivity index (χ1v) is 10.7. The summed E-state index contributed by atoms with van der Waals surface area (Å²) in [4.78, 5) is 18.8. The van der Waals surface area contributed by atoms with E-state index >= 15 is 0 Å². The molecule has 1 aliphatic heterocycles. The molecule has 3 atom stereocenters. The van der Waals surface area contributed by atoms with Gasteiger partial charge >= 0.3 is 0 Å². The summed E-state index contributed by atoms with van der Waals surface area (Å²) in [6.07, 6.45) is 0.621. The van der Waals surface area contributed by atoms with Gasteiger partial charge in [0, 0.05) is 50.0 Å². The van der Waals surface area contributed by atoms with Crippen LogP contribution in [0.4, 0.5) is 0 Å². The fourth-order valence-electron chi connectivity index (χ4n) is 4.24. The molecule has 2 aliphatic rings. The molecule has 1 aromatic rings. The molecule has 3 rings (SSSR count). The third-order valence-electron chi connectivity index (χ3n) is 6.36. The van der Waals surface area contributed by atoms with Gasteiger partial charge in [0.2, 0.25) is 5.91 Å². The first-order valence-electron chi connectivity index (χ1n) is 9.82. The zero-order chi connectivity index (χ0) is 19.7. The molecule has 0 aromatic carbocycles. The molecule has 1 aromatic heterocycles. The van der Waals surface area contributed by atoms with Crippen LogP contribution in [0.5, 0.6) is 0 Å². The molecule has 152 valence electrons. The Bertz CT molecular complexity index is 630. The highest BCUT2D eigenvalue weighted by atomic mass is 32.1. The van der Waals surface area contributed by atoms with Crippen LogP contribution in [-0.2, 0) is 14.3 Å². The average molecular weight is 396 g/mol. The molecule has 1 aliphatic carbocycles. The number of thiophene rings is 1. The maximum Gasteiger partial charge on any atom is 0.243 e. The number of hydrogen-bond acceptors (Lipinski definition) is 6. The van der Waals surface area contributed by atoms with Crippen molar-refractivity contribution in [2.75, 3.05) is 46.5 Å². The number of nitrogens with two attached hydrogens (primary N) is 1. The predicted octanol–water partition coefficient (Wildman–Crippen LogP) is 2.11. The number of hydrogen-bond donors (Lipinski definition) is 1. The highest BCUT2D eigenvalue weighted by Crippen LogP contribution is 2.50. The van der Waals surface area contributed by atoms with Gasteiger partial charge in [-0.3, -0.25) is 9.69 Å². The third-order valence-corrected chi connectivity index (χ3v) is 7.34. The molecule has 2 fully saturated rings. The molecule has 1 saturated heterocycles. The minimum Gasteiger partial charge on any atom is -0.379 e. The van der Waals surface area contributed by atoms with Crippen molar-refractivity contribution >= 4 is 17.2 Å². The summed E-state index contributed by atoms with van der Waals surface area (Å²) in [7, 11) is 1.88. The first kappa shape index (κ1) is 20.7. The van der Waals surface area contributed by atoms with Crippen LogP contribution < -0.4 is 5.73 Å². The highest BCUT2D eigenvalue weighted by molar-refractivity contribution is 7.10. The number of carbonyl (C=O) groups excluding carboxylic acids is 1. The number of nitrogens with zero attached hydrogens (tertiary/aromatic N) is 2. The second kappa shape index (κ2) is 8.17. The predicted molar refractivity (Wildman–Crippen MR) is 108 cm³/mol. The normalized spacial score (nSPS) is 29.1. The summed E-state index contributed by atoms with van der Waals surface area (Å²) < 4.78 is 11.3. The van der Waals surface area contributed by atoms with Crippen LogP contribution in [0, 0.1) is 5.41 Å². The van der Waals surface area contributed by atoms with E-state index in [-0.39, 0.29) is 23.5 Å². The Morgan fingerprint density at radius 3 is 2.74 bits per heavy atom. The van der Waals surface area contributed by atoms with Crippen molar-refractivity contribution < 1.29 is 14.3 Å². The van der Waals surface area contributed by atoms with Crippen molar-refractivity contribution in [3.63, 3.8) is 0 Å². The molecule has 0 radical (unpaired) electrons. The smallest absolute Gasteiger partial charge is 0.243 e. The molecule has 0 bridgehead atoms.